The number of hydrogen-bond donors (Lipinski definition) is 1. The number of likely N-dealkylation sites (tertiary alicyclic amines) is 1. The maximum atomic E-state index is 6.19. The lowest BCUT2D eigenvalue weighted by atomic mass is 9.71. The number of hydrogen-bond acceptors (Lipinski definition) is 3. The SMILES string of the molecule is COCC1CCN(C2(CN)CC(C)CC(C)C2)C1. The van der Waals surface area contributed by atoms with Gasteiger partial charge in [0, 0.05) is 25.7 Å². The van der Waals surface area contributed by atoms with Crippen molar-refractivity contribution in [1.82, 2.24) is 4.90 Å². The van der Waals surface area contributed by atoms with Crippen LogP contribution in [0.1, 0.15) is 39.5 Å². The van der Waals surface area contributed by atoms with Gasteiger partial charge >= 0.3 is 0 Å². The number of methoxy groups -OCH3 is 1. The van der Waals surface area contributed by atoms with Gasteiger partial charge in [0.1, 0.15) is 0 Å². The van der Waals surface area contributed by atoms with Crippen LogP contribution >= 0.6 is 0 Å². The number of ether oxygens (including phenoxy) is 1. The zero-order chi connectivity index (χ0) is 13.2. The molecule has 2 rings (SSSR count). The summed E-state index contributed by atoms with van der Waals surface area (Å²) in [5.74, 6) is 2.35. The van der Waals surface area contributed by atoms with Crippen LogP contribution < -0.4 is 5.73 Å². The second-order valence-electron chi connectivity index (χ2n) is 6.84. The second kappa shape index (κ2) is 5.89. The first-order valence-corrected chi connectivity index (χ1v) is 7.53. The highest BCUT2D eigenvalue weighted by atomic mass is 16.5. The van der Waals surface area contributed by atoms with E-state index in [-0.39, 0.29) is 5.54 Å². The third-order valence-corrected chi connectivity index (χ3v) is 5.00. The molecule has 1 heterocycles. The van der Waals surface area contributed by atoms with Gasteiger partial charge in [0.05, 0.1) is 6.61 Å². The number of nitrogens with zero attached hydrogens (tertiary/aromatic N) is 1. The molecule has 0 bridgehead atoms. The summed E-state index contributed by atoms with van der Waals surface area (Å²) in [6.45, 7) is 8.91. The molecule has 0 spiro atoms. The Labute approximate surface area is 112 Å². The summed E-state index contributed by atoms with van der Waals surface area (Å²) >= 11 is 0. The van der Waals surface area contributed by atoms with Crippen LogP contribution in [-0.4, -0.2) is 43.8 Å². The lowest BCUT2D eigenvalue weighted by Crippen LogP contribution is -2.56. The van der Waals surface area contributed by atoms with Crippen LogP contribution in [0.3, 0.4) is 0 Å². The normalized spacial score (nSPS) is 42.3. The molecule has 106 valence electrons. The predicted molar refractivity (Wildman–Crippen MR) is 75.5 cm³/mol. The van der Waals surface area contributed by atoms with Gasteiger partial charge in [-0.1, -0.05) is 13.8 Å². The first-order valence-electron chi connectivity index (χ1n) is 7.53. The molecule has 1 saturated heterocycles. The van der Waals surface area contributed by atoms with E-state index < -0.39 is 0 Å². The average molecular weight is 254 g/mol. The molecule has 1 aliphatic carbocycles. The molecule has 2 aliphatic rings. The smallest absolute Gasteiger partial charge is 0.0503 e. The van der Waals surface area contributed by atoms with Crippen LogP contribution in [-0.2, 0) is 4.74 Å². The second-order valence-corrected chi connectivity index (χ2v) is 6.84. The predicted octanol–water partition coefficient (Wildman–Crippen LogP) is 2.11. The van der Waals surface area contributed by atoms with Crippen LogP contribution in [0.4, 0.5) is 0 Å². The van der Waals surface area contributed by atoms with Gasteiger partial charge in [-0.2, -0.15) is 0 Å². The fourth-order valence-electron chi connectivity index (χ4n) is 4.42. The van der Waals surface area contributed by atoms with Gasteiger partial charge in [0.15, 0.2) is 0 Å². The Kier molecular flexibility index (Phi) is 4.68. The Hall–Kier alpha value is -0.120. The van der Waals surface area contributed by atoms with Crippen LogP contribution in [0.2, 0.25) is 0 Å². The zero-order valence-corrected chi connectivity index (χ0v) is 12.3. The molecule has 3 nitrogen and oxygen atoms in total. The summed E-state index contributed by atoms with van der Waals surface area (Å²) in [4.78, 5) is 2.68. The molecule has 1 saturated carbocycles. The molecule has 0 aromatic rings. The van der Waals surface area contributed by atoms with Gasteiger partial charge in [0.25, 0.3) is 0 Å². The minimum Gasteiger partial charge on any atom is -0.384 e. The minimum absolute atomic E-state index is 0.277. The molecule has 1 aliphatic heterocycles. The van der Waals surface area contributed by atoms with Gasteiger partial charge in [-0.15, -0.1) is 0 Å². The summed E-state index contributed by atoms with van der Waals surface area (Å²) in [5.41, 5.74) is 6.47. The van der Waals surface area contributed by atoms with E-state index in [1.54, 1.807) is 0 Å². The van der Waals surface area contributed by atoms with Crippen molar-refractivity contribution in [2.24, 2.45) is 23.5 Å². The van der Waals surface area contributed by atoms with Crippen molar-refractivity contribution in [3.05, 3.63) is 0 Å². The van der Waals surface area contributed by atoms with E-state index >= 15 is 0 Å². The van der Waals surface area contributed by atoms with E-state index in [2.05, 4.69) is 18.7 Å². The minimum atomic E-state index is 0.277. The summed E-state index contributed by atoms with van der Waals surface area (Å²) in [6.07, 6.45) is 5.22. The highest BCUT2D eigenvalue weighted by Gasteiger charge is 2.43. The molecule has 2 N–H and O–H groups in total. The fourth-order valence-corrected chi connectivity index (χ4v) is 4.42. The van der Waals surface area contributed by atoms with Gasteiger partial charge in [-0.3, -0.25) is 4.90 Å². The monoisotopic (exact) mass is 254 g/mol. The Morgan fingerprint density at radius 2 is 1.94 bits per heavy atom. The number of rotatable bonds is 4. The Bertz CT molecular complexity index is 259. The summed E-state index contributed by atoms with van der Waals surface area (Å²) in [6, 6.07) is 0. The molecule has 3 unspecified atom stereocenters. The van der Waals surface area contributed by atoms with Crippen LogP contribution in [0.15, 0.2) is 0 Å². The largest absolute Gasteiger partial charge is 0.384 e. The number of nitrogens with two attached hydrogens (primary N) is 1. The van der Waals surface area contributed by atoms with Crippen LogP contribution in [0.5, 0.6) is 0 Å². The van der Waals surface area contributed by atoms with E-state index in [9.17, 15) is 0 Å². The molecular formula is C15H30N2O. The van der Waals surface area contributed by atoms with Gasteiger partial charge in [0.2, 0.25) is 0 Å². The van der Waals surface area contributed by atoms with Crippen molar-refractivity contribution in [3.8, 4) is 0 Å². The first kappa shape index (κ1) is 14.3. The Morgan fingerprint density at radius 1 is 1.28 bits per heavy atom. The summed E-state index contributed by atoms with van der Waals surface area (Å²) in [7, 11) is 1.81. The third kappa shape index (κ3) is 2.89. The van der Waals surface area contributed by atoms with Crippen molar-refractivity contribution in [3.63, 3.8) is 0 Å². The lowest BCUT2D eigenvalue weighted by molar-refractivity contribution is 0.0309. The molecule has 3 heteroatoms. The molecule has 0 aromatic heterocycles. The summed E-state index contributed by atoms with van der Waals surface area (Å²) in [5, 5.41) is 0. The van der Waals surface area contributed by atoms with Gasteiger partial charge < -0.3 is 10.5 Å². The molecule has 0 radical (unpaired) electrons. The lowest BCUT2D eigenvalue weighted by Gasteiger charge is -2.48. The quantitative estimate of drug-likeness (QED) is 0.835. The van der Waals surface area contributed by atoms with Gasteiger partial charge in [-0.25, -0.2) is 0 Å². The van der Waals surface area contributed by atoms with E-state index in [0.717, 1.165) is 25.0 Å². The molecule has 0 aromatic carbocycles. The Morgan fingerprint density at radius 3 is 2.50 bits per heavy atom. The van der Waals surface area contributed by atoms with Gasteiger partial charge in [-0.05, 0) is 50.0 Å². The molecular weight excluding hydrogens is 224 g/mol. The average Bonchev–Trinajstić information content (AvgIpc) is 2.77. The van der Waals surface area contributed by atoms with E-state index in [0.29, 0.717) is 5.92 Å². The standard InChI is InChI=1S/C15H30N2O/c1-12-6-13(2)8-15(7-12,11-16)17-5-4-14(9-17)10-18-3/h12-14H,4-11,16H2,1-3H3. The van der Waals surface area contributed by atoms with Crippen LogP contribution in [0.25, 0.3) is 0 Å². The van der Waals surface area contributed by atoms with Crippen molar-refractivity contribution >= 4 is 0 Å². The van der Waals surface area contributed by atoms with Crippen molar-refractivity contribution < 1.29 is 4.74 Å². The molecule has 2 fully saturated rings. The third-order valence-electron chi connectivity index (χ3n) is 5.00. The van der Waals surface area contributed by atoms with Crippen molar-refractivity contribution in [2.45, 2.75) is 45.1 Å². The fraction of sp³-hybridized carbons (Fsp3) is 1.00. The first-order chi connectivity index (χ1) is 8.59. The van der Waals surface area contributed by atoms with Crippen molar-refractivity contribution in [1.29, 1.82) is 0 Å². The van der Waals surface area contributed by atoms with E-state index in [1.807, 2.05) is 7.11 Å². The van der Waals surface area contributed by atoms with Crippen LogP contribution in [0, 0.1) is 17.8 Å². The highest BCUT2D eigenvalue weighted by Crippen LogP contribution is 2.41. The Balaban J connectivity index is 2.03. The topological polar surface area (TPSA) is 38.5 Å². The maximum absolute atomic E-state index is 6.19. The highest BCUT2D eigenvalue weighted by molar-refractivity contribution is 5.00. The summed E-state index contributed by atoms with van der Waals surface area (Å²) < 4.78 is 5.31. The molecule has 0 amide bonds. The zero-order valence-electron chi connectivity index (χ0n) is 12.3. The van der Waals surface area contributed by atoms with Crippen molar-refractivity contribution in [2.75, 3.05) is 33.4 Å². The molecule has 3 atom stereocenters. The molecule has 18 heavy (non-hydrogen) atoms. The van der Waals surface area contributed by atoms with E-state index in [4.69, 9.17) is 10.5 Å². The van der Waals surface area contributed by atoms with E-state index in [1.165, 1.54) is 38.8 Å². The maximum Gasteiger partial charge on any atom is 0.0503 e.